The second-order valence-electron chi connectivity index (χ2n) is 34.4. The molecule has 0 unspecified atom stereocenters. The first-order chi connectivity index (χ1) is 73.1. The van der Waals surface area contributed by atoms with Gasteiger partial charge in [0.15, 0.2) is 98.7 Å². The number of esters is 13. The monoisotopic (exact) mass is 2040 g/mol. The van der Waals surface area contributed by atoms with E-state index in [9.17, 15) is 24.0 Å². The minimum atomic E-state index is -2.84. The molecule has 0 radical (unpaired) electrons. The van der Waals surface area contributed by atoms with Crippen molar-refractivity contribution in [1.82, 2.24) is 4.57 Å². The summed E-state index contributed by atoms with van der Waals surface area (Å²) in [4.78, 5) is 196. The molecule has 4 saturated heterocycles. The zero-order chi connectivity index (χ0) is 104. The molecule has 13 aromatic rings. The maximum absolute atomic E-state index is 18.0. The van der Waals surface area contributed by atoms with Crippen LogP contribution in [0.15, 0.2) is 383 Å². The van der Waals surface area contributed by atoms with E-state index in [1.165, 1.54) is 296 Å². The highest BCUT2D eigenvalue weighted by atomic mass is 19.1. The summed E-state index contributed by atoms with van der Waals surface area (Å²) in [6.45, 7) is -4.73. The number of imidazole rings is 1. The molecule has 17 rings (SSSR count). The van der Waals surface area contributed by atoms with Gasteiger partial charge in [0.1, 0.15) is 43.4 Å². The molecule has 4 fully saturated rings. The van der Waals surface area contributed by atoms with E-state index in [1.54, 1.807) is 103 Å². The molecular formula is C114H96FN2O33+. The van der Waals surface area contributed by atoms with E-state index in [1.807, 2.05) is 0 Å². The summed E-state index contributed by atoms with van der Waals surface area (Å²) in [6.07, 6.45) is -39.2. The van der Waals surface area contributed by atoms with Gasteiger partial charge in [-0.15, -0.1) is 0 Å². The van der Waals surface area contributed by atoms with Crippen molar-refractivity contribution >= 4 is 77.6 Å². The van der Waals surface area contributed by atoms with Crippen LogP contribution in [0.4, 0.5) is 4.39 Å². The summed E-state index contributed by atoms with van der Waals surface area (Å²) in [5, 5.41) is 0. The first-order valence-corrected chi connectivity index (χ1v) is 47.5. The molecule has 0 aliphatic carbocycles. The van der Waals surface area contributed by atoms with E-state index >= 15 is 42.7 Å². The Morgan fingerprint density at radius 2 is 0.407 bits per heavy atom. The number of alkyl halides is 1. The summed E-state index contributed by atoms with van der Waals surface area (Å²) in [6, 6.07) is 87.9. The second kappa shape index (κ2) is 50.1. The van der Waals surface area contributed by atoms with Crippen LogP contribution in [-0.4, -0.2) is 231 Å². The lowest BCUT2D eigenvalue weighted by Crippen LogP contribution is -2.66. The molecule has 12 aromatic carbocycles. The van der Waals surface area contributed by atoms with Gasteiger partial charge in [-0.2, -0.15) is 0 Å². The number of hydrogen-bond donors (Lipinski definition) is 0. The maximum atomic E-state index is 18.0. The molecule has 0 bridgehead atoms. The largest absolute Gasteiger partial charge is 0.460 e. The maximum Gasteiger partial charge on any atom is 0.348 e. The summed E-state index contributed by atoms with van der Waals surface area (Å²) in [5.74, 6) is -14.8. The number of carbonyl (C=O) groups is 13. The van der Waals surface area contributed by atoms with E-state index in [2.05, 4.69) is 0 Å². The molecule has 5 heterocycles. The average Bonchev–Trinajstić information content (AvgIpc) is 0.817. The lowest BCUT2D eigenvalue weighted by atomic mass is 9.96. The average molecular weight is 2040 g/mol. The van der Waals surface area contributed by atoms with E-state index < -0.39 is 233 Å². The van der Waals surface area contributed by atoms with Gasteiger partial charge < -0.3 is 94.7 Å². The van der Waals surface area contributed by atoms with Gasteiger partial charge in [-0.1, -0.05) is 218 Å². The fourth-order valence-electron chi connectivity index (χ4n) is 16.8. The van der Waals surface area contributed by atoms with E-state index in [0.717, 1.165) is 0 Å². The van der Waals surface area contributed by atoms with Gasteiger partial charge in [0.25, 0.3) is 0 Å². The molecule has 4 aliphatic heterocycles. The summed E-state index contributed by atoms with van der Waals surface area (Å²) in [5.41, 5.74) is -1.57. The fourth-order valence-corrected chi connectivity index (χ4v) is 16.8. The van der Waals surface area contributed by atoms with Crippen molar-refractivity contribution < 1.29 is 166 Å². The van der Waals surface area contributed by atoms with Crippen molar-refractivity contribution in [2.75, 3.05) is 26.4 Å². The fraction of sp³-hybridized carbons (Fsp3) is 0.228. The molecule has 0 amide bonds. The molecule has 20 atom stereocenters. The number of aromatic nitrogens is 2. The molecule has 766 valence electrons. The second-order valence-corrected chi connectivity index (χ2v) is 34.4. The Morgan fingerprint density at radius 3 is 0.607 bits per heavy atom. The topological polar surface area (TPSA) is 415 Å². The van der Waals surface area contributed by atoms with Crippen LogP contribution in [0, 0.1) is 0 Å². The molecule has 0 saturated carbocycles. The van der Waals surface area contributed by atoms with Crippen LogP contribution in [-0.2, 0) is 113 Å². The van der Waals surface area contributed by atoms with Crippen molar-refractivity contribution in [2.45, 2.75) is 129 Å². The highest BCUT2D eigenvalue weighted by molar-refractivity contribution is 5.96. The van der Waals surface area contributed by atoms with E-state index in [-0.39, 0.29) is 66.8 Å². The Bertz CT molecular complexity index is 6790. The van der Waals surface area contributed by atoms with Gasteiger partial charge in [-0.3, -0.25) is 0 Å². The Morgan fingerprint density at radius 1 is 0.233 bits per heavy atom. The van der Waals surface area contributed by atoms with Crippen LogP contribution in [0.3, 0.4) is 0 Å². The van der Waals surface area contributed by atoms with Crippen LogP contribution >= 0.6 is 0 Å². The van der Waals surface area contributed by atoms with E-state index in [0.29, 0.717) is 0 Å². The van der Waals surface area contributed by atoms with Gasteiger partial charge >= 0.3 is 77.6 Å². The van der Waals surface area contributed by atoms with Crippen molar-refractivity contribution in [1.29, 1.82) is 0 Å². The molecule has 35 nitrogen and oxygen atoms in total. The van der Waals surface area contributed by atoms with Gasteiger partial charge in [0.05, 0.1) is 93.6 Å². The predicted octanol–water partition coefficient (Wildman–Crippen LogP) is 13.5. The molecule has 0 spiro atoms. The Labute approximate surface area is 856 Å². The number of nitrogens with zero attached hydrogens (tertiary/aromatic N) is 2. The minimum Gasteiger partial charge on any atom is -0.460 e. The third kappa shape index (κ3) is 26.5. The molecule has 0 N–H and O–H groups in total. The molecule has 36 heteroatoms. The van der Waals surface area contributed by atoms with Crippen molar-refractivity contribution in [3.8, 4) is 0 Å². The van der Waals surface area contributed by atoms with Gasteiger partial charge in [-0.25, -0.2) is 75.9 Å². The third-order valence-corrected chi connectivity index (χ3v) is 24.2. The minimum absolute atomic E-state index is 0.0517. The number of ether oxygens (including phenoxy) is 20. The number of rotatable bonds is 37. The first kappa shape index (κ1) is 104. The summed E-state index contributed by atoms with van der Waals surface area (Å²) in [7, 11) is 1.71. The van der Waals surface area contributed by atoms with Crippen molar-refractivity contribution in [2.24, 2.45) is 7.05 Å². The van der Waals surface area contributed by atoms with E-state index in [4.69, 9.17) is 94.7 Å². The van der Waals surface area contributed by atoms with Crippen molar-refractivity contribution in [3.63, 3.8) is 0 Å². The van der Waals surface area contributed by atoms with Gasteiger partial charge in [-0.05, 0) is 146 Å². The smallest absolute Gasteiger partial charge is 0.348 e. The van der Waals surface area contributed by atoms with Gasteiger partial charge in [0, 0.05) is 0 Å². The van der Waals surface area contributed by atoms with Crippen LogP contribution in [0.2, 0.25) is 0 Å². The predicted molar refractivity (Wildman–Crippen MR) is 518 cm³/mol. The van der Waals surface area contributed by atoms with Crippen LogP contribution < -0.4 is 4.57 Å². The number of halogens is 1. The Kier molecular flexibility index (Phi) is 34.8. The normalized spacial score (nSPS) is 23.2. The highest BCUT2D eigenvalue weighted by Crippen LogP contribution is 2.40. The molecule has 150 heavy (non-hydrogen) atoms. The van der Waals surface area contributed by atoms with Gasteiger partial charge in [0.2, 0.25) is 12.7 Å². The Balaban J connectivity index is 0.812. The number of benzene rings is 12. The zero-order valence-corrected chi connectivity index (χ0v) is 79.7. The Hall–Kier alpha value is -17.4. The lowest BCUT2D eigenvalue weighted by Gasteiger charge is -2.47. The quantitative estimate of drug-likeness (QED) is 0.0198. The molecule has 1 aromatic heterocycles. The highest BCUT2D eigenvalue weighted by Gasteiger charge is 2.61. The standard InChI is InChI=1S/C114H96FN2O33/c1-116-62-63-117(69-116)64-86(118)131-65-83-88(140-101(120)71-40-16-3-17-41-71)92(144-105(124)75-48-24-7-25-49-75)96(148-109(128)79-56-32-11-33-57-79)113(136-83)133-67-85-90(142-103(122)73-44-20-5-21-45-73)94(146-107(126)77-52-28-9-29-53-77)98(150-111(130)81-60-36-13-37-61-81)114(138-85)134-68-84-89(141-102(121)72-42-18-4-19-43-72)93(145-106(125)76-50-26-8-27-51-76)97(149-110(129)80-58-34-12-35-59-80)112(137-84)132-66-82-87(139-100(119)70-38-14-2-15-39-70)91(143-104(123)74-46-22-6-23-47-74)95(99(115)135-82)147-108(127)78-54-30-10-31-55-78/h2-63,69,82-85,87-99,112-114H,64-68H2,1H3/q+1/t82-,83-,84-,85-,87-,88-,89-,90-,91+,92+,93+,94+,95+,96+,97+,98+,99+,112+,113+,114+/m1/s1. The van der Waals surface area contributed by atoms with Crippen LogP contribution in [0.25, 0.3) is 0 Å². The lowest BCUT2D eigenvalue weighted by molar-refractivity contribution is -0.671. The SMILES string of the molecule is C[n+]1ccn(CC(=O)OC[C@H]2O[C@H](OC[C@H]3O[C@H](OC[C@H]4O[C@H](OC[C@H]5O[C@H](F)[C@@H](OC(=O)c6ccccc6)[C@@H](OC(=O)c6ccccc6)[C@@H]5OC(=O)c5ccccc5)[C@@H](OC(=O)c5ccccc5)[C@@H](OC(=O)c5ccccc5)[C@@H]4OC(=O)c4ccccc4)[C@@H](OC(=O)c4ccccc4)[C@@H](OC(=O)c4ccccc4)[C@@H]3OC(=O)c3ccccc3)[C@@H](OC(=O)c3ccccc3)[C@@H](OC(=O)c3ccccc3)[C@@H]2OC(=O)c2ccccc2)c1. The first-order valence-electron chi connectivity index (χ1n) is 47.5. The molecular weight excluding hydrogens is 1940 g/mol. The van der Waals surface area contributed by atoms with Crippen LogP contribution in [0.5, 0.6) is 0 Å². The molecule has 4 aliphatic rings. The number of aryl methyl sites for hydroxylation is 1. The summed E-state index contributed by atoms with van der Waals surface area (Å²) < 4.78 is 152. The third-order valence-electron chi connectivity index (χ3n) is 24.2. The number of hydrogen-bond acceptors (Lipinski definition) is 33. The zero-order valence-electron chi connectivity index (χ0n) is 79.7. The van der Waals surface area contributed by atoms with Crippen LogP contribution in [0.1, 0.15) is 124 Å². The van der Waals surface area contributed by atoms with Crippen molar-refractivity contribution in [3.05, 3.63) is 449 Å². The number of carbonyl (C=O) groups excluding carboxylic acids is 13. The summed E-state index contributed by atoms with van der Waals surface area (Å²) >= 11 is 0.